The van der Waals surface area contributed by atoms with E-state index in [-0.39, 0.29) is 5.91 Å². The average molecular weight is 362 g/mol. The Balaban J connectivity index is 1.82. The molecule has 0 bridgehead atoms. The van der Waals surface area contributed by atoms with Crippen LogP contribution in [0.2, 0.25) is 0 Å². The molecule has 1 aromatic heterocycles. The van der Waals surface area contributed by atoms with E-state index in [0.29, 0.717) is 11.1 Å². The number of nitrogens with one attached hydrogen (secondary N) is 1. The van der Waals surface area contributed by atoms with Crippen LogP contribution in [-0.2, 0) is 9.53 Å². The van der Waals surface area contributed by atoms with Gasteiger partial charge in [-0.3, -0.25) is 4.79 Å². The van der Waals surface area contributed by atoms with E-state index in [4.69, 9.17) is 4.74 Å². The van der Waals surface area contributed by atoms with Crippen molar-refractivity contribution in [1.82, 2.24) is 9.88 Å². The predicted molar refractivity (Wildman–Crippen MR) is 104 cm³/mol. The second-order valence-corrected chi connectivity index (χ2v) is 6.34. The van der Waals surface area contributed by atoms with Gasteiger partial charge in [-0.1, -0.05) is 30.3 Å². The summed E-state index contributed by atoms with van der Waals surface area (Å²) in [5, 5.41) is 2.76. The first-order valence-electron chi connectivity index (χ1n) is 8.70. The number of benzene rings is 2. The number of methoxy groups -OCH3 is 1. The van der Waals surface area contributed by atoms with Crippen LogP contribution in [0.3, 0.4) is 0 Å². The zero-order valence-electron chi connectivity index (χ0n) is 15.6. The van der Waals surface area contributed by atoms with Gasteiger partial charge in [0.2, 0.25) is 0 Å². The number of esters is 1. The molecule has 0 saturated carbocycles. The summed E-state index contributed by atoms with van der Waals surface area (Å²) in [6.07, 6.45) is 0. The first-order valence-corrected chi connectivity index (χ1v) is 8.70. The van der Waals surface area contributed by atoms with Crippen molar-refractivity contribution in [3.63, 3.8) is 0 Å². The summed E-state index contributed by atoms with van der Waals surface area (Å²) in [6.45, 7) is 4.07. The third-order valence-corrected chi connectivity index (χ3v) is 4.50. The average Bonchev–Trinajstić information content (AvgIpc) is 3.04. The Morgan fingerprint density at radius 2 is 1.48 bits per heavy atom. The lowest BCUT2D eigenvalue weighted by atomic mass is 10.1. The SMILES string of the molecule is COC(=O)C(NC(=O)c1ccc(-n2c(C)ccc2C)cc1)c1ccccc1. The summed E-state index contributed by atoms with van der Waals surface area (Å²) in [6, 6.07) is 19.6. The molecule has 0 saturated heterocycles. The van der Waals surface area contributed by atoms with E-state index in [9.17, 15) is 9.59 Å². The maximum atomic E-state index is 12.7. The fourth-order valence-electron chi connectivity index (χ4n) is 3.09. The van der Waals surface area contributed by atoms with Gasteiger partial charge in [-0.25, -0.2) is 4.79 Å². The maximum Gasteiger partial charge on any atom is 0.333 e. The molecule has 0 radical (unpaired) electrons. The zero-order valence-corrected chi connectivity index (χ0v) is 15.6. The Hall–Kier alpha value is -3.34. The molecule has 5 heteroatoms. The van der Waals surface area contributed by atoms with Gasteiger partial charge in [0.1, 0.15) is 0 Å². The normalized spacial score (nSPS) is 11.7. The topological polar surface area (TPSA) is 60.3 Å². The van der Waals surface area contributed by atoms with Crippen LogP contribution in [0.4, 0.5) is 0 Å². The van der Waals surface area contributed by atoms with Gasteiger partial charge in [0.15, 0.2) is 6.04 Å². The van der Waals surface area contributed by atoms with Gasteiger partial charge in [-0.15, -0.1) is 0 Å². The molecule has 0 fully saturated rings. The van der Waals surface area contributed by atoms with E-state index in [1.165, 1.54) is 7.11 Å². The van der Waals surface area contributed by atoms with Gasteiger partial charge in [0.05, 0.1) is 7.11 Å². The number of carbonyl (C=O) groups is 2. The minimum atomic E-state index is -0.850. The summed E-state index contributed by atoms with van der Waals surface area (Å²) in [5.74, 6) is -0.841. The van der Waals surface area contributed by atoms with Crippen molar-refractivity contribution in [2.75, 3.05) is 7.11 Å². The monoisotopic (exact) mass is 362 g/mol. The van der Waals surface area contributed by atoms with Gasteiger partial charge in [-0.2, -0.15) is 0 Å². The first-order chi connectivity index (χ1) is 13.0. The third kappa shape index (κ3) is 3.92. The van der Waals surface area contributed by atoms with Gasteiger partial charge >= 0.3 is 5.97 Å². The van der Waals surface area contributed by atoms with Crippen LogP contribution in [0.25, 0.3) is 5.69 Å². The number of ether oxygens (including phenoxy) is 1. The van der Waals surface area contributed by atoms with E-state index in [2.05, 4.69) is 22.0 Å². The van der Waals surface area contributed by atoms with Crippen molar-refractivity contribution in [3.05, 3.63) is 89.2 Å². The number of nitrogens with zero attached hydrogens (tertiary/aromatic N) is 1. The molecule has 2 aromatic carbocycles. The van der Waals surface area contributed by atoms with Gasteiger partial charge < -0.3 is 14.6 Å². The smallest absolute Gasteiger partial charge is 0.333 e. The number of aryl methyl sites for hydroxylation is 2. The molecule has 1 heterocycles. The second-order valence-electron chi connectivity index (χ2n) is 6.34. The fraction of sp³-hybridized carbons (Fsp3) is 0.182. The largest absolute Gasteiger partial charge is 0.467 e. The van der Waals surface area contributed by atoms with Crippen LogP contribution >= 0.6 is 0 Å². The Kier molecular flexibility index (Phi) is 5.41. The fourth-order valence-corrected chi connectivity index (χ4v) is 3.09. The molecule has 0 spiro atoms. The van der Waals surface area contributed by atoms with Gasteiger partial charge in [0.25, 0.3) is 5.91 Å². The van der Waals surface area contributed by atoms with E-state index in [0.717, 1.165) is 17.1 Å². The molecule has 138 valence electrons. The standard InChI is InChI=1S/C22H22N2O3/c1-15-9-10-16(2)24(15)19-13-11-18(12-14-19)21(25)23-20(22(26)27-3)17-7-5-4-6-8-17/h4-14,20H,1-3H3,(H,23,25). The van der Waals surface area contributed by atoms with Crippen molar-refractivity contribution in [2.24, 2.45) is 0 Å². The molecule has 0 aliphatic rings. The molecule has 1 atom stereocenters. The Labute approximate surface area is 158 Å². The molecular weight excluding hydrogens is 340 g/mol. The Morgan fingerprint density at radius 3 is 2.04 bits per heavy atom. The van der Waals surface area contributed by atoms with Gasteiger partial charge in [-0.05, 0) is 55.8 Å². The Morgan fingerprint density at radius 1 is 0.889 bits per heavy atom. The van der Waals surface area contributed by atoms with Crippen LogP contribution in [0.5, 0.6) is 0 Å². The summed E-state index contributed by atoms with van der Waals surface area (Å²) in [7, 11) is 1.31. The maximum absolute atomic E-state index is 12.7. The van der Waals surface area contributed by atoms with E-state index in [1.54, 1.807) is 24.3 Å². The van der Waals surface area contributed by atoms with Crippen LogP contribution < -0.4 is 5.32 Å². The van der Waals surface area contributed by atoms with Gasteiger partial charge in [0, 0.05) is 22.6 Å². The molecule has 1 amide bonds. The van der Waals surface area contributed by atoms with Crippen molar-refractivity contribution < 1.29 is 14.3 Å². The zero-order chi connectivity index (χ0) is 19.4. The second kappa shape index (κ2) is 7.91. The number of aromatic nitrogens is 1. The van der Waals surface area contributed by atoms with Crippen molar-refractivity contribution in [3.8, 4) is 5.69 Å². The van der Waals surface area contributed by atoms with Crippen LogP contribution in [0.15, 0.2) is 66.7 Å². The number of hydrogen-bond acceptors (Lipinski definition) is 3. The minimum absolute atomic E-state index is 0.332. The number of amides is 1. The number of rotatable bonds is 5. The lowest BCUT2D eigenvalue weighted by Gasteiger charge is -2.17. The third-order valence-electron chi connectivity index (χ3n) is 4.50. The molecule has 0 aliphatic carbocycles. The van der Waals surface area contributed by atoms with E-state index < -0.39 is 12.0 Å². The van der Waals surface area contributed by atoms with Crippen molar-refractivity contribution in [2.45, 2.75) is 19.9 Å². The summed E-state index contributed by atoms with van der Waals surface area (Å²) in [4.78, 5) is 24.8. The highest BCUT2D eigenvalue weighted by molar-refractivity contribution is 5.97. The van der Waals surface area contributed by atoms with Crippen LogP contribution in [0, 0.1) is 13.8 Å². The van der Waals surface area contributed by atoms with E-state index >= 15 is 0 Å². The van der Waals surface area contributed by atoms with E-state index in [1.807, 2.05) is 44.2 Å². The quantitative estimate of drug-likeness (QED) is 0.704. The van der Waals surface area contributed by atoms with Crippen molar-refractivity contribution in [1.29, 1.82) is 0 Å². The van der Waals surface area contributed by atoms with Crippen LogP contribution in [-0.4, -0.2) is 23.6 Å². The molecule has 3 aromatic rings. The lowest BCUT2D eigenvalue weighted by molar-refractivity contribution is -0.143. The Bertz CT molecular complexity index is 924. The molecule has 27 heavy (non-hydrogen) atoms. The highest BCUT2D eigenvalue weighted by Gasteiger charge is 2.24. The highest BCUT2D eigenvalue weighted by atomic mass is 16.5. The summed E-state index contributed by atoms with van der Waals surface area (Å²) >= 11 is 0. The first kappa shape index (κ1) is 18.5. The summed E-state index contributed by atoms with van der Waals surface area (Å²) in [5.41, 5.74) is 4.39. The highest BCUT2D eigenvalue weighted by Crippen LogP contribution is 2.18. The van der Waals surface area contributed by atoms with Crippen molar-refractivity contribution >= 4 is 11.9 Å². The molecule has 1 N–H and O–H groups in total. The predicted octanol–water partition coefficient (Wildman–Crippen LogP) is 3.74. The van der Waals surface area contributed by atoms with Crippen LogP contribution in [0.1, 0.15) is 33.4 Å². The number of hydrogen-bond donors (Lipinski definition) is 1. The molecule has 3 rings (SSSR count). The number of carbonyl (C=O) groups excluding carboxylic acids is 2. The molecule has 0 aliphatic heterocycles. The molecule has 1 unspecified atom stereocenters. The molecule has 5 nitrogen and oxygen atoms in total. The molecular formula is C22H22N2O3. The lowest BCUT2D eigenvalue weighted by Crippen LogP contribution is -2.34. The minimum Gasteiger partial charge on any atom is -0.467 e. The summed E-state index contributed by atoms with van der Waals surface area (Å²) < 4.78 is 6.95.